The molecular weight excluding hydrogens is 330 g/mol. The molecule has 0 amide bonds. The molecule has 0 aliphatic rings. The van der Waals surface area contributed by atoms with Gasteiger partial charge in [0.2, 0.25) is 5.89 Å². The first-order valence-corrected chi connectivity index (χ1v) is 8.06. The maximum atomic E-state index is 10.9. The molecule has 3 heterocycles. The van der Waals surface area contributed by atoms with Crippen molar-refractivity contribution in [3.05, 3.63) is 39.2 Å². The molecule has 3 aromatic heterocycles. The van der Waals surface area contributed by atoms with Crippen LogP contribution in [0.3, 0.4) is 0 Å². The molecule has 0 spiro atoms. The fourth-order valence-corrected chi connectivity index (χ4v) is 3.73. The largest absolute Gasteiger partial charge is 0.550 e. The van der Waals surface area contributed by atoms with E-state index in [0.29, 0.717) is 21.7 Å². The van der Waals surface area contributed by atoms with E-state index in [1.807, 2.05) is 19.1 Å². The number of aliphatic carboxylic acids is 1. The Hall–Kier alpha value is -1.63. The normalized spacial score (nSPS) is 11.0. The van der Waals surface area contributed by atoms with Gasteiger partial charge in [-0.2, -0.15) is 0 Å². The van der Waals surface area contributed by atoms with Crippen LogP contribution in [-0.2, 0) is 11.2 Å². The lowest BCUT2D eigenvalue weighted by atomic mass is 10.2. The molecule has 0 bridgehead atoms. The summed E-state index contributed by atoms with van der Waals surface area (Å²) < 4.78 is 6.38. The third kappa shape index (κ3) is 3.02. The summed E-state index contributed by atoms with van der Waals surface area (Å²) in [4.78, 5) is 17.9. The molecule has 0 radical (unpaired) electrons. The van der Waals surface area contributed by atoms with Crippen LogP contribution in [0.4, 0.5) is 0 Å². The van der Waals surface area contributed by atoms with Crippen LogP contribution in [0.25, 0.3) is 21.4 Å². The van der Waals surface area contributed by atoms with E-state index in [9.17, 15) is 9.90 Å². The van der Waals surface area contributed by atoms with Crippen molar-refractivity contribution < 1.29 is 14.3 Å². The highest BCUT2D eigenvalue weighted by atomic mass is 35.5. The van der Waals surface area contributed by atoms with E-state index in [4.69, 9.17) is 16.0 Å². The fraction of sp³-hybridized carbons (Fsp3) is 0.143. The predicted molar refractivity (Wildman–Crippen MR) is 81.6 cm³/mol. The van der Waals surface area contributed by atoms with Gasteiger partial charge < -0.3 is 14.3 Å². The van der Waals surface area contributed by atoms with Crippen LogP contribution in [0, 0.1) is 6.92 Å². The highest BCUT2D eigenvalue weighted by Crippen LogP contribution is 2.37. The zero-order valence-corrected chi connectivity index (χ0v) is 13.3. The van der Waals surface area contributed by atoms with Crippen LogP contribution in [0.1, 0.15) is 10.6 Å². The minimum absolute atomic E-state index is 0.293. The van der Waals surface area contributed by atoms with Gasteiger partial charge in [0.25, 0.3) is 0 Å². The molecule has 0 aliphatic heterocycles. The summed E-state index contributed by atoms with van der Waals surface area (Å²) in [6, 6.07) is 7.39. The summed E-state index contributed by atoms with van der Waals surface area (Å²) in [6.45, 7) is 1.99. The van der Waals surface area contributed by atoms with Gasteiger partial charge in [-0.1, -0.05) is 11.6 Å². The zero-order chi connectivity index (χ0) is 15.0. The quantitative estimate of drug-likeness (QED) is 0.731. The van der Waals surface area contributed by atoms with Gasteiger partial charge in [0.05, 0.1) is 19.8 Å². The van der Waals surface area contributed by atoms with Gasteiger partial charge in [0, 0.05) is 17.3 Å². The molecule has 0 saturated carbocycles. The van der Waals surface area contributed by atoms with E-state index in [0.717, 1.165) is 14.6 Å². The van der Waals surface area contributed by atoms with Crippen LogP contribution >= 0.6 is 34.3 Å². The zero-order valence-electron chi connectivity index (χ0n) is 10.9. The Morgan fingerprint density at radius 3 is 2.62 bits per heavy atom. The highest BCUT2D eigenvalue weighted by molar-refractivity contribution is 7.19. The summed E-state index contributed by atoms with van der Waals surface area (Å²) in [7, 11) is 0. The van der Waals surface area contributed by atoms with E-state index >= 15 is 0 Å². The fourth-order valence-electron chi connectivity index (χ4n) is 1.89. The van der Waals surface area contributed by atoms with Gasteiger partial charge in [-0.05, 0) is 31.2 Å². The summed E-state index contributed by atoms with van der Waals surface area (Å²) >= 11 is 8.78. The van der Waals surface area contributed by atoms with Crippen LogP contribution in [-0.4, -0.2) is 11.0 Å². The van der Waals surface area contributed by atoms with E-state index in [1.54, 1.807) is 23.5 Å². The molecule has 4 nitrogen and oxygen atoms in total. The lowest BCUT2D eigenvalue weighted by Gasteiger charge is -1.99. The van der Waals surface area contributed by atoms with Crippen LogP contribution in [0.15, 0.2) is 28.7 Å². The molecule has 21 heavy (non-hydrogen) atoms. The molecule has 108 valence electrons. The average Bonchev–Trinajstić information content (AvgIpc) is 3.09. The van der Waals surface area contributed by atoms with Crippen molar-refractivity contribution in [1.29, 1.82) is 0 Å². The molecule has 0 fully saturated rings. The van der Waals surface area contributed by atoms with Crippen molar-refractivity contribution in [3.8, 4) is 21.4 Å². The van der Waals surface area contributed by atoms with Crippen LogP contribution < -0.4 is 5.11 Å². The number of aromatic nitrogens is 1. The Morgan fingerprint density at radius 2 is 2.05 bits per heavy atom. The van der Waals surface area contributed by atoms with Crippen molar-refractivity contribution in [2.24, 2.45) is 0 Å². The van der Waals surface area contributed by atoms with Crippen molar-refractivity contribution >= 4 is 40.2 Å². The topological polar surface area (TPSA) is 66.2 Å². The number of halogens is 1. The van der Waals surface area contributed by atoms with E-state index in [1.165, 1.54) is 11.3 Å². The number of thiophene rings is 2. The number of hydrogen-bond acceptors (Lipinski definition) is 6. The number of carbonyl (C=O) groups is 1. The lowest BCUT2D eigenvalue weighted by Crippen LogP contribution is -2.24. The second kappa shape index (κ2) is 5.63. The third-order valence-electron chi connectivity index (χ3n) is 2.76. The number of nitrogens with zero attached hydrogens (tertiary/aromatic N) is 1. The average molecular weight is 339 g/mol. The van der Waals surface area contributed by atoms with Gasteiger partial charge >= 0.3 is 0 Å². The molecular formula is C14H9ClNO3S2-. The second-order valence-corrected chi connectivity index (χ2v) is 7.36. The first-order chi connectivity index (χ1) is 10.0. The molecule has 0 aromatic carbocycles. The van der Waals surface area contributed by atoms with Gasteiger partial charge in [0.1, 0.15) is 0 Å². The first-order valence-electron chi connectivity index (χ1n) is 6.05. The molecule has 0 aliphatic carbocycles. The molecule has 0 atom stereocenters. The first kappa shape index (κ1) is 14.3. The summed E-state index contributed by atoms with van der Waals surface area (Å²) in [5.74, 6) is -0.331. The van der Waals surface area contributed by atoms with Crippen molar-refractivity contribution in [2.45, 2.75) is 13.3 Å². The molecule has 7 heteroatoms. The van der Waals surface area contributed by atoms with Gasteiger partial charge in [-0.25, -0.2) is 4.98 Å². The number of oxazole rings is 1. The van der Waals surface area contributed by atoms with Crippen molar-refractivity contribution in [3.63, 3.8) is 0 Å². The van der Waals surface area contributed by atoms with Gasteiger partial charge in [-0.15, -0.1) is 22.7 Å². The Morgan fingerprint density at radius 1 is 1.29 bits per heavy atom. The van der Waals surface area contributed by atoms with E-state index in [-0.39, 0.29) is 6.42 Å². The molecule has 3 aromatic rings. The van der Waals surface area contributed by atoms with Crippen LogP contribution in [0.2, 0.25) is 4.34 Å². The van der Waals surface area contributed by atoms with Crippen molar-refractivity contribution in [1.82, 2.24) is 4.98 Å². The number of aryl methyl sites for hydroxylation is 1. The Balaban J connectivity index is 2.08. The standard InChI is InChI=1S/C14H10ClNO3S2/c1-7-2-3-10(20-7)14-16-8(6-12(17)18)13(19-14)9-4-5-11(15)21-9/h2-5H,6H2,1H3,(H,17,18)/p-1. The highest BCUT2D eigenvalue weighted by Gasteiger charge is 2.18. The van der Waals surface area contributed by atoms with Gasteiger partial charge in [0.15, 0.2) is 5.76 Å². The smallest absolute Gasteiger partial charge is 0.237 e. The maximum absolute atomic E-state index is 10.9. The van der Waals surface area contributed by atoms with E-state index in [2.05, 4.69) is 4.98 Å². The number of carboxylic acids is 1. The third-order valence-corrected chi connectivity index (χ3v) is 4.98. The summed E-state index contributed by atoms with van der Waals surface area (Å²) in [5.41, 5.74) is 0.356. The molecule has 0 saturated heterocycles. The maximum Gasteiger partial charge on any atom is 0.237 e. The molecule has 0 N–H and O–H groups in total. The monoisotopic (exact) mass is 338 g/mol. The van der Waals surface area contributed by atoms with Gasteiger partial charge in [-0.3, -0.25) is 0 Å². The van der Waals surface area contributed by atoms with Crippen LogP contribution in [0.5, 0.6) is 0 Å². The Kier molecular flexibility index (Phi) is 3.84. The molecule has 3 rings (SSSR count). The predicted octanol–water partition coefficient (Wildman–Crippen LogP) is 3.39. The number of hydrogen-bond donors (Lipinski definition) is 0. The number of carbonyl (C=O) groups excluding carboxylic acids is 1. The van der Waals surface area contributed by atoms with Crippen molar-refractivity contribution in [2.75, 3.05) is 0 Å². The SMILES string of the molecule is Cc1ccc(-c2nc(CC(=O)[O-])c(-c3ccc(Cl)s3)o2)s1. The number of carboxylic acid groups (broad SMARTS) is 1. The molecule has 0 unspecified atom stereocenters. The minimum atomic E-state index is -1.19. The Labute approximate surface area is 133 Å². The number of rotatable bonds is 4. The lowest BCUT2D eigenvalue weighted by molar-refractivity contribution is -0.304. The summed E-state index contributed by atoms with van der Waals surface area (Å²) in [6.07, 6.45) is -0.293. The minimum Gasteiger partial charge on any atom is -0.550 e. The summed E-state index contributed by atoms with van der Waals surface area (Å²) in [5, 5.41) is 10.9. The Bertz CT molecular complexity index is 803. The van der Waals surface area contributed by atoms with E-state index < -0.39 is 5.97 Å². The second-order valence-electron chi connectivity index (χ2n) is 4.36.